The molecule has 188 valence electrons. The highest BCUT2D eigenvalue weighted by molar-refractivity contribution is 5.87. The highest BCUT2D eigenvalue weighted by Crippen LogP contribution is 2.31. The van der Waals surface area contributed by atoms with Crippen molar-refractivity contribution >= 4 is 34.5 Å². The molecule has 2 N–H and O–H groups in total. The van der Waals surface area contributed by atoms with Crippen molar-refractivity contribution in [2.75, 3.05) is 23.8 Å². The van der Waals surface area contributed by atoms with Crippen LogP contribution in [0.2, 0.25) is 0 Å². The molecule has 1 aliphatic heterocycles. The molecule has 10 heteroatoms. The molecule has 1 amide bonds. The number of anilines is 3. The lowest BCUT2D eigenvalue weighted by atomic mass is 9.92. The zero-order valence-electron chi connectivity index (χ0n) is 21.2. The van der Waals surface area contributed by atoms with Gasteiger partial charge in [0.15, 0.2) is 5.82 Å². The molecule has 1 aliphatic rings. The lowest BCUT2D eigenvalue weighted by molar-refractivity contribution is -0.114. The number of ether oxygens (including phenoxy) is 2. The van der Waals surface area contributed by atoms with E-state index in [9.17, 15) is 4.79 Å². The van der Waals surface area contributed by atoms with Crippen molar-refractivity contribution in [2.24, 2.45) is 13.0 Å². The van der Waals surface area contributed by atoms with E-state index in [0.29, 0.717) is 29.2 Å². The quantitative estimate of drug-likeness (QED) is 0.390. The van der Waals surface area contributed by atoms with Crippen LogP contribution in [0.15, 0.2) is 42.6 Å². The van der Waals surface area contributed by atoms with Gasteiger partial charge in [0.05, 0.1) is 24.2 Å². The fraction of sp³-hybridized carbons (Fsp3) is 0.385. The molecule has 3 aromatic heterocycles. The molecule has 0 aliphatic carbocycles. The van der Waals surface area contributed by atoms with Gasteiger partial charge in [-0.3, -0.25) is 9.48 Å². The van der Waals surface area contributed by atoms with Crippen molar-refractivity contribution in [1.82, 2.24) is 24.3 Å². The molecule has 0 saturated carbocycles. The third kappa shape index (κ3) is 5.03. The highest BCUT2D eigenvalue weighted by atomic mass is 16.5. The first-order valence-electron chi connectivity index (χ1n) is 12.0. The van der Waals surface area contributed by atoms with E-state index in [1.54, 1.807) is 18.3 Å². The predicted octanol–water partition coefficient (Wildman–Crippen LogP) is 4.60. The van der Waals surface area contributed by atoms with Gasteiger partial charge in [0.25, 0.3) is 0 Å². The summed E-state index contributed by atoms with van der Waals surface area (Å²) < 4.78 is 15.4. The van der Waals surface area contributed by atoms with Crippen LogP contribution in [0.3, 0.4) is 0 Å². The number of nitrogens with zero attached hydrogens (tertiary/aromatic N) is 5. The summed E-state index contributed by atoms with van der Waals surface area (Å²) in [5, 5.41) is 10.9. The van der Waals surface area contributed by atoms with Gasteiger partial charge in [0.2, 0.25) is 11.9 Å². The number of carbonyl (C=O) groups excluding carboxylic acids is 1. The van der Waals surface area contributed by atoms with E-state index in [0.717, 1.165) is 36.6 Å². The molecule has 5 rings (SSSR count). The number of amides is 1. The van der Waals surface area contributed by atoms with Gasteiger partial charge >= 0.3 is 0 Å². The molecule has 4 heterocycles. The van der Waals surface area contributed by atoms with E-state index >= 15 is 0 Å². The number of rotatable bonds is 7. The smallest absolute Gasteiger partial charge is 0.222 e. The summed E-state index contributed by atoms with van der Waals surface area (Å²) in [4.78, 5) is 20.2. The third-order valence-corrected chi connectivity index (χ3v) is 6.05. The fourth-order valence-electron chi connectivity index (χ4n) is 4.17. The van der Waals surface area contributed by atoms with Crippen LogP contribution in [-0.2, 0) is 28.5 Å². The van der Waals surface area contributed by atoms with Gasteiger partial charge in [0, 0.05) is 61.9 Å². The molecular weight excluding hydrogens is 458 g/mol. The maximum atomic E-state index is 11.3. The lowest BCUT2D eigenvalue weighted by Crippen LogP contribution is -2.33. The summed E-state index contributed by atoms with van der Waals surface area (Å²) in [6, 6.07) is 11.2. The number of nitrogens with one attached hydrogen (secondary N) is 2. The van der Waals surface area contributed by atoms with Gasteiger partial charge in [-0.2, -0.15) is 5.10 Å². The number of imidazole rings is 1. The molecule has 1 fully saturated rings. The molecule has 0 unspecified atom stereocenters. The Balaban J connectivity index is 1.38. The molecule has 10 nitrogen and oxygen atoms in total. The average molecular weight is 490 g/mol. The molecule has 0 radical (unpaired) electrons. The van der Waals surface area contributed by atoms with Crippen LogP contribution in [0.25, 0.3) is 11.0 Å². The molecule has 4 aromatic rings. The predicted molar refractivity (Wildman–Crippen MR) is 138 cm³/mol. The zero-order valence-corrected chi connectivity index (χ0v) is 21.2. The minimum Gasteiger partial charge on any atom is -0.457 e. The Bertz CT molecular complexity index is 1410. The number of pyridine rings is 1. The van der Waals surface area contributed by atoms with Crippen molar-refractivity contribution in [1.29, 1.82) is 0 Å². The number of carbonyl (C=O) groups is 1. The summed E-state index contributed by atoms with van der Waals surface area (Å²) in [5.74, 6) is 3.43. The number of hydrogen-bond acceptors (Lipinski definition) is 7. The van der Waals surface area contributed by atoms with Gasteiger partial charge < -0.3 is 24.7 Å². The van der Waals surface area contributed by atoms with Gasteiger partial charge in [-0.25, -0.2) is 9.97 Å². The van der Waals surface area contributed by atoms with Crippen molar-refractivity contribution in [3.8, 4) is 11.5 Å². The van der Waals surface area contributed by atoms with Gasteiger partial charge in [-0.15, -0.1) is 0 Å². The van der Waals surface area contributed by atoms with Crippen LogP contribution in [0, 0.1) is 5.92 Å². The van der Waals surface area contributed by atoms with E-state index in [4.69, 9.17) is 19.6 Å². The largest absolute Gasteiger partial charge is 0.457 e. The Morgan fingerprint density at radius 3 is 2.61 bits per heavy atom. The molecular formula is C26H31N7O3. The monoisotopic (exact) mass is 489 g/mol. The SMILES string of the molecule is CC(=O)Nc1cc(Oc2ccc3nc(Nc4cc(C(C)(C)C)n(CC5COC5)n4)n(C)c3c2)ccn1. The van der Waals surface area contributed by atoms with Crippen molar-refractivity contribution in [3.05, 3.63) is 48.3 Å². The maximum absolute atomic E-state index is 11.3. The minimum atomic E-state index is -0.188. The second-order valence-corrected chi connectivity index (χ2v) is 10.2. The normalized spacial score (nSPS) is 14.0. The third-order valence-electron chi connectivity index (χ3n) is 6.05. The Labute approximate surface area is 209 Å². The number of aryl methyl sites for hydroxylation is 1. The van der Waals surface area contributed by atoms with Crippen molar-refractivity contribution in [2.45, 2.75) is 39.7 Å². The summed E-state index contributed by atoms with van der Waals surface area (Å²) in [5.41, 5.74) is 2.88. The van der Waals surface area contributed by atoms with Crippen LogP contribution < -0.4 is 15.4 Å². The van der Waals surface area contributed by atoms with Gasteiger partial charge in [-0.05, 0) is 18.2 Å². The Morgan fingerprint density at radius 1 is 1.14 bits per heavy atom. The summed E-state index contributed by atoms with van der Waals surface area (Å²) in [6.07, 6.45) is 1.59. The molecule has 0 atom stereocenters. The standard InChI is InChI=1S/C26H31N7O3/c1-16(34)28-23-11-19(8-9-27-23)36-18-6-7-20-21(10-18)32(5)25(29-20)30-24-12-22(26(2,3)4)33(31-24)13-17-14-35-15-17/h6-12,17H,13-15H2,1-5H3,(H,27,28,34)(H,29,30,31). The van der Waals surface area contributed by atoms with Gasteiger partial charge in [-0.1, -0.05) is 20.8 Å². The van der Waals surface area contributed by atoms with Crippen LogP contribution in [-0.4, -0.2) is 43.4 Å². The Kier molecular flexibility index (Phi) is 6.13. The van der Waals surface area contributed by atoms with Gasteiger partial charge in [0.1, 0.15) is 17.3 Å². The van der Waals surface area contributed by atoms with Crippen LogP contribution in [0.4, 0.5) is 17.6 Å². The van der Waals surface area contributed by atoms with Crippen LogP contribution in [0.5, 0.6) is 11.5 Å². The second-order valence-electron chi connectivity index (χ2n) is 10.2. The summed E-state index contributed by atoms with van der Waals surface area (Å²) in [6.45, 7) is 10.4. The highest BCUT2D eigenvalue weighted by Gasteiger charge is 2.26. The number of benzene rings is 1. The van der Waals surface area contributed by atoms with Crippen molar-refractivity contribution in [3.63, 3.8) is 0 Å². The molecule has 0 bridgehead atoms. The Hall–Kier alpha value is -3.92. The molecule has 1 saturated heterocycles. The summed E-state index contributed by atoms with van der Waals surface area (Å²) in [7, 11) is 1.95. The zero-order chi connectivity index (χ0) is 25.4. The summed E-state index contributed by atoms with van der Waals surface area (Å²) >= 11 is 0. The lowest BCUT2D eigenvalue weighted by Gasteiger charge is -2.28. The van der Waals surface area contributed by atoms with Crippen LogP contribution in [0.1, 0.15) is 33.4 Å². The topological polar surface area (TPSA) is 108 Å². The second kappa shape index (κ2) is 9.27. The number of hydrogen-bond donors (Lipinski definition) is 2. The first-order chi connectivity index (χ1) is 17.2. The minimum absolute atomic E-state index is 0.0388. The van der Waals surface area contributed by atoms with E-state index in [-0.39, 0.29) is 11.3 Å². The molecule has 1 aromatic carbocycles. The number of aromatic nitrogens is 5. The number of fused-ring (bicyclic) bond motifs is 1. The maximum Gasteiger partial charge on any atom is 0.222 e. The fourth-order valence-corrected chi connectivity index (χ4v) is 4.17. The van der Waals surface area contributed by atoms with E-state index in [2.05, 4.69) is 47.1 Å². The molecule has 36 heavy (non-hydrogen) atoms. The molecule has 0 spiro atoms. The first-order valence-corrected chi connectivity index (χ1v) is 12.0. The van der Waals surface area contributed by atoms with Crippen LogP contribution >= 0.6 is 0 Å². The van der Waals surface area contributed by atoms with E-state index in [1.807, 2.05) is 29.8 Å². The Morgan fingerprint density at radius 2 is 1.92 bits per heavy atom. The van der Waals surface area contributed by atoms with E-state index < -0.39 is 0 Å². The average Bonchev–Trinajstić information content (AvgIpc) is 3.32. The van der Waals surface area contributed by atoms with E-state index in [1.165, 1.54) is 12.6 Å². The first kappa shape index (κ1) is 23.8. The van der Waals surface area contributed by atoms with Crippen molar-refractivity contribution < 1.29 is 14.3 Å².